The van der Waals surface area contributed by atoms with Gasteiger partial charge in [-0.2, -0.15) is 0 Å². The first-order valence-electron chi connectivity index (χ1n) is 9.37. The van der Waals surface area contributed by atoms with E-state index in [-0.39, 0.29) is 5.91 Å². The van der Waals surface area contributed by atoms with Gasteiger partial charge in [-0.25, -0.2) is 0 Å². The second-order valence-electron chi connectivity index (χ2n) is 6.74. The quantitative estimate of drug-likeness (QED) is 0.216. The highest BCUT2D eigenvalue weighted by molar-refractivity contribution is 8.26. The van der Waals surface area contributed by atoms with E-state index in [2.05, 4.69) is 12.6 Å². The van der Waals surface area contributed by atoms with Gasteiger partial charge in [-0.05, 0) is 49.2 Å². The van der Waals surface area contributed by atoms with Gasteiger partial charge in [-0.15, -0.1) is 6.58 Å². The van der Waals surface area contributed by atoms with Gasteiger partial charge in [0, 0.05) is 6.54 Å². The molecule has 0 unspecified atom stereocenters. The normalized spacial score (nSPS) is 15.0. The number of hydrogen-bond donors (Lipinski definition) is 0. The molecule has 4 nitrogen and oxygen atoms in total. The van der Waals surface area contributed by atoms with Crippen LogP contribution < -0.4 is 9.47 Å². The van der Waals surface area contributed by atoms with E-state index < -0.39 is 0 Å². The van der Waals surface area contributed by atoms with Crippen molar-refractivity contribution in [1.82, 2.24) is 4.90 Å². The number of amides is 1. The summed E-state index contributed by atoms with van der Waals surface area (Å²) in [4.78, 5) is 14.5. The number of carbonyl (C=O) groups excluding carboxylic acids is 1. The highest BCUT2D eigenvalue weighted by Gasteiger charge is 2.30. The summed E-state index contributed by atoms with van der Waals surface area (Å²) in [6, 6.07) is 11.5. The smallest absolute Gasteiger partial charge is 0.266 e. The maximum atomic E-state index is 12.4. The number of halogens is 1. The molecule has 2 aromatic carbocycles. The molecule has 0 radical (unpaired) electrons. The first-order valence-corrected chi connectivity index (χ1v) is 11.0. The van der Waals surface area contributed by atoms with Crippen LogP contribution in [0.15, 0.2) is 54.0 Å². The predicted molar refractivity (Wildman–Crippen MR) is 128 cm³/mol. The van der Waals surface area contributed by atoms with Gasteiger partial charge >= 0.3 is 0 Å². The second kappa shape index (κ2) is 10.2. The van der Waals surface area contributed by atoms with E-state index in [1.165, 1.54) is 22.2 Å². The Kier molecular flexibility index (Phi) is 7.58. The molecular weight excluding hydrogens is 438 g/mol. The fourth-order valence-corrected chi connectivity index (χ4v) is 4.44. The molecule has 0 N–H and O–H groups in total. The molecule has 156 valence electrons. The van der Waals surface area contributed by atoms with Gasteiger partial charge in [0.25, 0.3) is 5.91 Å². The number of aryl methyl sites for hydroxylation is 2. The van der Waals surface area contributed by atoms with Crippen LogP contribution in [0, 0.1) is 13.8 Å². The minimum Gasteiger partial charge on any atom is -0.490 e. The van der Waals surface area contributed by atoms with Crippen LogP contribution in [0.5, 0.6) is 11.5 Å². The topological polar surface area (TPSA) is 38.8 Å². The minimum atomic E-state index is -0.120. The van der Waals surface area contributed by atoms with E-state index in [4.69, 9.17) is 33.3 Å². The maximum Gasteiger partial charge on any atom is 0.266 e. The Bertz CT molecular complexity index is 1020. The average Bonchev–Trinajstić information content (AvgIpc) is 2.96. The molecule has 0 spiro atoms. The first-order chi connectivity index (χ1) is 14.4. The van der Waals surface area contributed by atoms with Crippen molar-refractivity contribution in [2.24, 2.45) is 0 Å². The standard InChI is InChI=1S/C23H22ClNO3S2/c1-4-9-25-22(26)21(30-23(25)29)14-17-6-8-20(18(24)13-17)28-11-10-27-19-7-5-15(2)12-16(19)3/h4-8,12-14H,1,9-11H2,2-3H3/b21-14-. The molecule has 2 aromatic rings. The monoisotopic (exact) mass is 459 g/mol. The Morgan fingerprint density at radius 2 is 1.83 bits per heavy atom. The van der Waals surface area contributed by atoms with Gasteiger partial charge in [-0.1, -0.05) is 65.4 Å². The van der Waals surface area contributed by atoms with Crippen LogP contribution in [0.3, 0.4) is 0 Å². The summed E-state index contributed by atoms with van der Waals surface area (Å²) in [6.45, 7) is 8.90. The van der Waals surface area contributed by atoms with Crippen molar-refractivity contribution in [2.75, 3.05) is 19.8 Å². The van der Waals surface area contributed by atoms with Crippen LogP contribution in [-0.2, 0) is 4.79 Å². The summed E-state index contributed by atoms with van der Waals surface area (Å²) >= 11 is 12.9. The third kappa shape index (κ3) is 5.45. The summed E-state index contributed by atoms with van der Waals surface area (Å²) < 4.78 is 12.0. The number of nitrogens with zero attached hydrogens (tertiary/aromatic N) is 1. The number of benzene rings is 2. The molecule has 0 aliphatic carbocycles. The fraction of sp³-hybridized carbons (Fsp3) is 0.217. The lowest BCUT2D eigenvalue weighted by Crippen LogP contribution is -2.27. The van der Waals surface area contributed by atoms with Crippen LogP contribution in [0.4, 0.5) is 0 Å². The lowest BCUT2D eigenvalue weighted by Gasteiger charge is -2.12. The number of thioether (sulfide) groups is 1. The van der Waals surface area contributed by atoms with Crippen molar-refractivity contribution in [3.8, 4) is 11.5 Å². The van der Waals surface area contributed by atoms with Gasteiger partial charge in [0.2, 0.25) is 0 Å². The van der Waals surface area contributed by atoms with Gasteiger partial charge in [0.05, 0.1) is 9.93 Å². The van der Waals surface area contributed by atoms with E-state index in [1.54, 1.807) is 24.3 Å². The third-order valence-corrected chi connectivity index (χ3v) is 6.04. The largest absolute Gasteiger partial charge is 0.490 e. The number of hydrogen-bond acceptors (Lipinski definition) is 5. The van der Waals surface area contributed by atoms with E-state index in [1.807, 2.05) is 32.0 Å². The van der Waals surface area contributed by atoms with Gasteiger partial charge in [0.15, 0.2) is 0 Å². The molecule has 7 heteroatoms. The third-order valence-electron chi connectivity index (χ3n) is 4.37. The molecule has 1 saturated heterocycles. The molecule has 0 bridgehead atoms. The number of thiocarbonyl (C=S) groups is 1. The summed E-state index contributed by atoms with van der Waals surface area (Å²) in [5.41, 5.74) is 3.10. The minimum absolute atomic E-state index is 0.120. The Morgan fingerprint density at radius 3 is 2.50 bits per heavy atom. The van der Waals surface area contributed by atoms with Crippen molar-refractivity contribution >= 4 is 51.9 Å². The zero-order valence-electron chi connectivity index (χ0n) is 16.8. The second-order valence-corrected chi connectivity index (χ2v) is 8.82. The number of carbonyl (C=O) groups is 1. The predicted octanol–water partition coefficient (Wildman–Crippen LogP) is 5.80. The SMILES string of the molecule is C=CCN1C(=O)/C(=C/c2ccc(OCCOc3ccc(C)cc3C)c(Cl)c2)SC1=S. The molecule has 1 fully saturated rings. The Labute approximate surface area is 191 Å². The average molecular weight is 460 g/mol. The maximum absolute atomic E-state index is 12.4. The molecule has 0 aromatic heterocycles. The Morgan fingerprint density at radius 1 is 1.13 bits per heavy atom. The van der Waals surface area contributed by atoms with Gasteiger partial charge < -0.3 is 9.47 Å². The van der Waals surface area contributed by atoms with Crippen LogP contribution in [0.2, 0.25) is 5.02 Å². The molecular formula is C23H22ClNO3S2. The molecule has 30 heavy (non-hydrogen) atoms. The lowest BCUT2D eigenvalue weighted by atomic mass is 10.1. The summed E-state index contributed by atoms with van der Waals surface area (Å²) in [5, 5.41) is 0.469. The first kappa shape index (κ1) is 22.4. The highest BCUT2D eigenvalue weighted by atomic mass is 35.5. The van der Waals surface area contributed by atoms with Gasteiger partial charge in [-0.3, -0.25) is 9.69 Å². The van der Waals surface area contributed by atoms with E-state index in [0.29, 0.717) is 39.8 Å². The van der Waals surface area contributed by atoms with Crippen molar-refractivity contribution in [3.63, 3.8) is 0 Å². The summed E-state index contributed by atoms with van der Waals surface area (Å²) in [7, 11) is 0. The Hall–Kier alpha value is -2.28. The molecule has 1 aliphatic rings. The van der Waals surface area contributed by atoms with Gasteiger partial charge in [0.1, 0.15) is 29.0 Å². The molecule has 1 heterocycles. The van der Waals surface area contributed by atoms with Crippen molar-refractivity contribution in [3.05, 3.63) is 75.7 Å². The van der Waals surface area contributed by atoms with Crippen LogP contribution in [-0.4, -0.2) is 34.9 Å². The molecule has 0 saturated carbocycles. The van der Waals surface area contributed by atoms with E-state index >= 15 is 0 Å². The Balaban J connectivity index is 1.58. The van der Waals surface area contributed by atoms with Crippen LogP contribution in [0.1, 0.15) is 16.7 Å². The molecule has 1 amide bonds. The zero-order valence-corrected chi connectivity index (χ0v) is 19.2. The molecule has 3 rings (SSSR count). The van der Waals surface area contributed by atoms with Crippen LogP contribution in [0.25, 0.3) is 6.08 Å². The summed E-state index contributed by atoms with van der Waals surface area (Å²) in [6.07, 6.45) is 3.43. The highest BCUT2D eigenvalue weighted by Crippen LogP contribution is 2.34. The van der Waals surface area contributed by atoms with E-state index in [9.17, 15) is 4.79 Å². The van der Waals surface area contributed by atoms with Crippen molar-refractivity contribution < 1.29 is 14.3 Å². The lowest BCUT2D eigenvalue weighted by molar-refractivity contribution is -0.121. The number of ether oxygens (including phenoxy) is 2. The molecule has 1 aliphatic heterocycles. The summed E-state index contributed by atoms with van der Waals surface area (Å²) in [5.74, 6) is 1.29. The van der Waals surface area contributed by atoms with E-state index in [0.717, 1.165) is 16.9 Å². The van der Waals surface area contributed by atoms with Crippen molar-refractivity contribution in [1.29, 1.82) is 0 Å². The zero-order chi connectivity index (χ0) is 21.7. The van der Waals surface area contributed by atoms with Crippen LogP contribution >= 0.6 is 35.6 Å². The molecule has 0 atom stereocenters. The van der Waals surface area contributed by atoms with Crippen molar-refractivity contribution in [2.45, 2.75) is 13.8 Å². The number of rotatable bonds is 8. The fourth-order valence-electron chi connectivity index (χ4n) is 2.93.